The highest BCUT2D eigenvalue weighted by Crippen LogP contribution is 2.26. The second kappa shape index (κ2) is 7.10. The van der Waals surface area contributed by atoms with Gasteiger partial charge in [0.15, 0.2) is 0 Å². The molecule has 2 N–H and O–H groups in total. The molecule has 1 saturated heterocycles. The molecule has 1 aromatic carbocycles. The fourth-order valence-corrected chi connectivity index (χ4v) is 3.43. The number of amides is 2. The molecule has 0 unspecified atom stereocenters. The van der Waals surface area contributed by atoms with Gasteiger partial charge in [-0.15, -0.1) is 11.3 Å². The van der Waals surface area contributed by atoms with Crippen LogP contribution in [0.25, 0.3) is 10.6 Å². The number of hydrogen-bond acceptors (Lipinski definition) is 4. The molecule has 2 aromatic rings. The van der Waals surface area contributed by atoms with Crippen molar-refractivity contribution in [2.45, 2.75) is 25.3 Å². The number of benzene rings is 1. The van der Waals surface area contributed by atoms with E-state index in [4.69, 9.17) is 11.6 Å². The second-order valence-corrected chi connectivity index (χ2v) is 6.66. The molecule has 23 heavy (non-hydrogen) atoms. The summed E-state index contributed by atoms with van der Waals surface area (Å²) in [6.45, 7) is 0.667. The van der Waals surface area contributed by atoms with Crippen LogP contribution in [0.5, 0.6) is 0 Å². The minimum atomic E-state index is -0.485. The average molecular weight is 350 g/mol. The predicted molar refractivity (Wildman–Crippen MR) is 90.7 cm³/mol. The van der Waals surface area contributed by atoms with E-state index in [0.29, 0.717) is 23.7 Å². The lowest BCUT2D eigenvalue weighted by Gasteiger charge is -2.14. The standard InChI is InChI=1S/C16H16ClN3O2S/c17-11-5-3-4-10(8-11)16-20-13(9-23-16)15(22)19-12-6-1-2-7-18-14(12)21/h3-5,8-9,12H,1-2,6-7H2,(H,18,21)(H,19,22)/t12-/m0/s1. The largest absolute Gasteiger partial charge is 0.354 e. The van der Waals surface area contributed by atoms with E-state index in [9.17, 15) is 9.59 Å². The molecular weight excluding hydrogens is 334 g/mol. The molecule has 5 nitrogen and oxygen atoms in total. The van der Waals surface area contributed by atoms with E-state index in [0.717, 1.165) is 23.4 Å². The zero-order valence-corrected chi connectivity index (χ0v) is 13.9. The second-order valence-electron chi connectivity index (χ2n) is 5.36. The molecule has 7 heteroatoms. The van der Waals surface area contributed by atoms with Crippen molar-refractivity contribution in [1.82, 2.24) is 15.6 Å². The van der Waals surface area contributed by atoms with E-state index < -0.39 is 6.04 Å². The lowest BCUT2D eigenvalue weighted by atomic mass is 10.1. The molecule has 1 fully saturated rings. The van der Waals surface area contributed by atoms with Gasteiger partial charge in [-0.3, -0.25) is 9.59 Å². The highest BCUT2D eigenvalue weighted by molar-refractivity contribution is 7.13. The lowest BCUT2D eigenvalue weighted by Crippen LogP contribution is -2.45. The molecule has 0 bridgehead atoms. The fourth-order valence-electron chi connectivity index (χ4n) is 2.44. The molecule has 1 aliphatic heterocycles. The van der Waals surface area contributed by atoms with Gasteiger partial charge in [-0.1, -0.05) is 23.7 Å². The average Bonchev–Trinajstić information content (AvgIpc) is 2.95. The fraction of sp³-hybridized carbons (Fsp3) is 0.312. The van der Waals surface area contributed by atoms with Crippen LogP contribution in [0, 0.1) is 0 Å². The quantitative estimate of drug-likeness (QED) is 0.895. The Morgan fingerprint density at radius 2 is 2.26 bits per heavy atom. The topological polar surface area (TPSA) is 71.1 Å². The zero-order valence-electron chi connectivity index (χ0n) is 12.3. The van der Waals surface area contributed by atoms with Gasteiger partial charge in [0.2, 0.25) is 5.91 Å². The molecule has 0 spiro atoms. The van der Waals surface area contributed by atoms with Gasteiger partial charge in [-0.05, 0) is 31.4 Å². The van der Waals surface area contributed by atoms with Gasteiger partial charge in [0.25, 0.3) is 5.91 Å². The Bertz CT molecular complexity index is 732. The van der Waals surface area contributed by atoms with E-state index in [1.54, 1.807) is 17.5 Å². The first-order valence-electron chi connectivity index (χ1n) is 7.43. The van der Waals surface area contributed by atoms with Crippen molar-refractivity contribution in [2.24, 2.45) is 0 Å². The van der Waals surface area contributed by atoms with Gasteiger partial charge in [0, 0.05) is 22.5 Å². The number of nitrogens with one attached hydrogen (secondary N) is 2. The molecule has 2 amide bonds. The number of halogens is 1. The van der Waals surface area contributed by atoms with E-state index >= 15 is 0 Å². The first kappa shape index (κ1) is 16.0. The Morgan fingerprint density at radius 3 is 3.09 bits per heavy atom. The van der Waals surface area contributed by atoms with E-state index in [1.165, 1.54) is 11.3 Å². The third kappa shape index (κ3) is 3.89. The predicted octanol–water partition coefficient (Wildman–Crippen LogP) is 2.86. The first-order chi connectivity index (χ1) is 11.1. The number of carbonyl (C=O) groups excluding carboxylic acids is 2. The number of carbonyl (C=O) groups is 2. The molecule has 1 aliphatic rings. The molecule has 120 valence electrons. The van der Waals surface area contributed by atoms with E-state index in [2.05, 4.69) is 15.6 Å². The summed E-state index contributed by atoms with van der Waals surface area (Å²) in [5.74, 6) is -0.447. The van der Waals surface area contributed by atoms with Crippen LogP contribution >= 0.6 is 22.9 Å². The van der Waals surface area contributed by atoms with Gasteiger partial charge in [-0.2, -0.15) is 0 Å². The maximum atomic E-state index is 12.3. The summed E-state index contributed by atoms with van der Waals surface area (Å²) in [7, 11) is 0. The molecular formula is C16H16ClN3O2S. The van der Waals surface area contributed by atoms with Crippen LogP contribution in [0.3, 0.4) is 0 Å². The van der Waals surface area contributed by atoms with Crippen molar-refractivity contribution >= 4 is 34.8 Å². The smallest absolute Gasteiger partial charge is 0.271 e. The van der Waals surface area contributed by atoms with Crippen molar-refractivity contribution in [2.75, 3.05) is 6.54 Å². The molecule has 0 saturated carbocycles. The van der Waals surface area contributed by atoms with E-state index in [-0.39, 0.29) is 11.8 Å². The van der Waals surface area contributed by atoms with Crippen molar-refractivity contribution < 1.29 is 9.59 Å². The Labute approximate surface area is 143 Å². The molecule has 1 atom stereocenters. The van der Waals surface area contributed by atoms with E-state index in [1.807, 2.05) is 12.1 Å². The Morgan fingerprint density at radius 1 is 1.39 bits per heavy atom. The van der Waals surface area contributed by atoms with Crippen molar-refractivity contribution in [3.8, 4) is 10.6 Å². The summed E-state index contributed by atoms with van der Waals surface area (Å²) < 4.78 is 0. The normalized spacial score (nSPS) is 18.1. The minimum absolute atomic E-state index is 0.124. The summed E-state index contributed by atoms with van der Waals surface area (Å²) in [6, 6.07) is 6.85. The van der Waals surface area contributed by atoms with Crippen LogP contribution in [-0.4, -0.2) is 29.4 Å². The number of thiazole rings is 1. The van der Waals surface area contributed by atoms with Crippen LogP contribution in [0.2, 0.25) is 5.02 Å². The van der Waals surface area contributed by atoms with Crippen LogP contribution in [0.15, 0.2) is 29.6 Å². The number of aromatic nitrogens is 1. The molecule has 3 rings (SSSR count). The SMILES string of the molecule is O=C(N[C@H]1CCCCNC1=O)c1csc(-c2cccc(Cl)c2)n1. The first-order valence-corrected chi connectivity index (χ1v) is 8.69. The van der Waals surface area contributed by atoms with Crippen LogP contribution in [0.4, 0.5) is 0 Å². The van der Waals surface area contributed by atoms with Crippen LogP contribution in [0.1, 0.15) is 29.8 Å². The van der Waals surface area contributed by atoms with Crippen molar-refractivity contribution in [1.29, 1.82) is 0 Å². The third-order valence-corrected chi connectivity index (χ3v) is 4.78. The molecule has 1 aromatic heterocycles. The van der Waals surface area contributed by atoms with Gasteiger partial charge in [0.1, 0.15) is 16.7 Å². The number of rotatable bonds is 3. The summed E-state index contributed by atoms with van der Waals surface area (Å²) in [4.78, 5) is 28.5. The van der Waals surface area contributed by atoms with Gasteiger partial charge >= 0.3 is 0 Å². The van der Waals surface area contributed by atoms with Crippen LogP contribution in [-0.2, 0) is 4.79 Å². The molecule has 2 heterocycles. The Balaban J connectivity index is 1.72. The third-order valence-electron chi connectivity index (χ3n) is 3.65. The number of hydrogen-bond donors (Lipinski definition) is 2. The summed E-state index contributed by atoms with van der Waals surface area (Å²) in [5.41, 5.74) is 1.19. The Kier molecular flexibility index (Phi) is 4.93. The monoisotopic (exact) mass is 349 g/mol. The zero-order chi connectivity index (χ0) is 16.2. The van der Waals surface area contributed by atoms with Crippen molar-refractivity contribution in [3.05, 3.63) is 40.4 Å². The van der Waals surface area contributed by atoms with Gasteiger partial charge < -0.3 is 10.6 Å². The van der Waals surface area contributed by atoms with Gasteiger partial charge in [-0.25, -0.2) is 4.98 Å². The summed E-state index contributed by atoms with van der Waals surface area (Å²) >= 11 is 7.35. The summed E-state index contributed by atoms with van der Waals surface area (Å²) in [6.07, 6.45) is 2.51. The minimum Gasteiger partial charge on any atom is -0.354 e. The van der Waals surface area contributed by atoms with Gasteiger partial charge in [0.05, 0.1) is 0 Å². The lowest BCUT2D eigenvalue weighted by molar-refractivity contribution is -0.122. The Hall–Kier alpha value is -1.92. The maximum absolute atomic E-state index is 12.3. The summed E-state index contributed by atoms with van der Waals surface area (Å²) in [5, 5.41) is 8.61. The number of nitrogens with zero attached hydrogens (tertiary/aromatic N) is 1. The molecule has 0 aliphatic carbocycles. The molecule has 0 radical (unpaired) electrons. The van der Waals surface area contributed by atoms with Crippen molar-refractivity contribution in [3.63, 3.8) is 0 Å². The highest BCUT2D eigenvalue weighted by Gasteiger charge is 2.24. The van der Waals surface area contributed by atoms with Crippen LogP contribution < -0.4 is 10.6 Å². The highest BCUT2D eigenvalue weighted by atomic mass is 35.5. The maximum Gasteiger partial charge on any atom is 0.271 e.